The number of rotatable bonds is 6. The van der Waals surface area contributed by atoms with Gasteiger partial charge in [0.05, 0.1) is 24.9 Å². The van der Waals surface area contributed by atoms with Crippen LogP contribution >= 0.6 is 0 Å². The highest BCUT2D eigenvalue weighted by Crippen LogP contribution is 2.24. The lowest BCUT2D eigenvalue weighted by molar-refractivity contribution is 0.145. The highest BCUT2D eigenvalue weighted by atomic mass is 19.1. The molecule has 2 aliphatic heterocycles. The first kappa shape index (κ1) is 22.5. The molecule has 1 fully saturated rings. The van der Waals surface area contributed by atoms with Crippen LogP contribution in [0, 0.1) is 5.82 Å². The van der Waals surface area contributed by atoms with Crippen LogP contribution in [0.15, 0.2) is 23.2 Å². The number of nitrogens with zero attached hydrogens (tertiary/aromatic N) is 5. The van der Waals surface area contributed by atoms with Gasteiger partial charge in [0.2, 0.25) is 0 Å². The summed E-state index contributed by atoms with van der Waals surface area (Å²) in [7, 11) is 0. The van der Waals surface area contributed by atoms with Gasteiger partial charge in [0, 0.05) is 38.5 Å². The molecule has 0 radical (unpaired) electrons. The van der Waals surface area contributed by atoms with E-state index >= 15 is 0 Å². The van der Waals surface area contributed by atoms with Crippen LogP contribution in [0.1, 0.15) is 50.3 Å². The van der Waals surface area contributed by atoms with E-state index < -0.39 is 0 Å². The van der Waals surface area contributed by atoms with Gasteiger partial charge in [-0.1, -0.05) is 13.0 Å². The Morgan fingerprint density at radius 2 is 2.06 bits per heavy atom. The largest absolute Gasteiger partial charge is 0.393 e. The van der Waals surface area contributed by atoms with Gasteiger partial charge in [-0.2, -0.15) is 5.10 Å². The predicted molar refractivity (Wildman–Crippen MR) is 123 cm³/mol. The molecular weight excluding hydrogens is 409 g/mol. The van der Waals surface area contributed by atoms with E-state index in [0.29, 0.717) is 38.2 Å². The van der Waals surface area contributed by atoms with Crippen molar-refractivity contribution in [3.05, 3.63) is 41.2 Å². The van der Waals surface area contributed by atoms with Crippen LogP contribution in [0.25, 0.3) is 0 Å². The second-order valence-electron chi connectivity index (χ2n) is 8.56. The molecule has 3 heterocycles. The number of anilines is 1. The van der Waals surface area contributed by atoms with Crippen molar-refractivity contribution in [3.8, 4) is 0 Å². The summed E-state index contributed by atoms with van der Waals surface area (Å²) in [5.74, 6) is 2.45. The monoisotopic (exact) mass is 443 g/mol. The molecule has 0 aliphatic carbocycles. The molecular formula is C23H34FN7O. The van der Waals surface area contributed by atoms with Gasteiger partial charge in [0.15, 0.2) is 11.8 Å². The summed E-state index contributed by atoms with van der Waals surface area (Å²) >= 11 is 0. The Hall–Kier alpha value is -2.68. The first-order valence-electron chi connectivity index (χ1n) is 11.7. The minimum absolute atomic E-state index is 0.222. The van der Waals surface area contributed by atoms with Gasteiger partial charge in [-0.15, -0.1) is 0 Å². The number of fused-ring (bicyclic) bond motifs is 1. The summed E-state index contributed by atoms with van der Waals surface area (Å²) in [5.41, 5.74) is 1.43. The Morgan fingerprint density at radius 1 is 1.25 bits per heavy atom. The van der Waals surface area contributed by atoms with E-state index in [0.717, 1.165) is 55.5 Å². The second-order valence-corrected chi connectivity index (χ2v) is 8.56. The number of piperidine rings is 1. The first-order chi connectivity index (χ1) is 15.6. The van der Waals surface area contributed by atoms with Crippen LogP contribution in [-0.4, -0.2) is 57.6 Å². The fourth-order valence-electron chi connectivity index (χ4n) is 4.32. The molecule has 0 bridgehead atoms. The van der Waals surface area contributed by atoms with Gasteiger partial charge >= 0.3 is 0 Å². The van der Waals surface area contributed by atoms with Crippen molar-refractivity contribution in [1.29, 1.82) is 0 Å². The van der Waals surface area contributed by atoms with E-state index in [1.165, 1.54) is 0 Å². The molecule has 1 unspecified atom stereocenters. The second kappa shape index (κ2) is 10.3. The lowest BCUT2D eigenvalue weighted by Crippen LogP contribution is -2.47. The molecule has 2 aliphatic rings. The van der Waals surface area contributed by atoms with Gasteiger partial charge in [-0.05, 0) is 43.9 Å². The topological polar surface area (TPSA) is 90.6 Å². The summed E-state index contributed by atoms with van der Waals surface area (Å²) in [6, 6.07) is 5.56. The zero-order valence-corrected chi connectivity index (χ0v) is 19.0. The fraction of sp³-hybridized carbons (Fsp3) is 0.609. The van der Waals surface area contributed by atoms with E-state index in [4.69, 9.17) is 0 Å². The minimum atomic E-state index is -0.270. The summed E-state index contributed by atoms with van der Waals surface area (Å²) in [4.78, 5) is 11.3. The van der Waals surface area contributed by atoms with Crippen LogP contribution in [0.3, 0.4) is 0 Å². The molecule has 32 heavy (non-hydrogen) atoms. The molecule has 174 valence electrons. The molecule has 1 atom stereocenters. The smallest absolute Gasteiger partial charge is 0.191 e. The van der Waals surface area contributed by atoms with Gasteiger partial charge < -0.3 is 20.6 Å². The van der Waals surface area contributed by atoms with Crippen LogP contribution in [0.2, 0.25) is 0 Å². The molecule has 1 saturated heterocycles. The van der Waals surface area contributed by atoms with Crippen LogP contribution in [-0.2, 0) is 25.9 Å². The van der Waals surface area contributed by atoms with Crippen molar-refractivity contribution in [2.24, 2.45) is 4.99 Å². The van der Waals surface area contributed by atoms with Gasteiger partial charge in [-0.25, -0.2) is 19.0 Å². The average Bonchev–Trinajstić information content (AvgIpc) is 3.21. The number of halogens is 1. The number of aliphatic imine (C=N–C) groups is 1. The number of hydrogen-bond acceptors (Lipinski definition) is 5. The number of benzene rings is 1. The Bertz CT molecular complexity index is 936. The first-order valence-corrected chi connectivity index (χ1v) is 11.7. The van der Waals surface area contributed by atoms with Crippen molar-refractivity contribution in [2.75, 3.05) is 24.5 Å². The normalized spacial score (nSPS) is 19.7. The van der Waals surface area contributed by atoms with Crippen LogP contribution in [0.5, 0.6) is 0 Å². The number of hydrogen-bond donors (Lipinski definition) is 3. The molecule has 8 nitrogen and oxygen atoms in total. The molecule has 4 rings (SSSR count). The molecule has 1 aromatic carbocycles. The molecule has 0 spiro atoms. The van der Waals surface area contributed by atoms with Crippen molar-refractivity contribution >= 4 is 11.6 Å². The Morgan fingerprint density at radius 3 is 2.78 bits per heavy atom. The van der Waals surface area contributed by atoms with Gasteiger partial charge in [0.1, 0.15) is 11.6 Å². The number of aliphatic hydroxyl groups excluding tert-OH is 1. The maximum atomic E-state index is 14.7. The summed E-state index contributed by atoms with van der Waals surface area (Å²) < 4.78 is 16.7. The van der Waals surface area contributed by atoms with Crippen molar-refractivity contribution in [3.63, 3.8) is 0 Å². The van der Waals surface area contributed by atoms with Crippen molar-refractivity contribution in [2.45, 2.75) is 71.2 Å². The summed E-state index contributed by atoms with van der Waals surface area (Å²) in [6.07, 6.45) is 3.80. The van der Waals surface area contributed by atoms with E-state index in [1.54, 1.807) is 6.07 Å². The Kier molecular flexibility index (Phi) is 7.24. The highest BCUT2D eigenvalue weighted by Gasteiger charge is 2.22. The van der Waals surface area contributed by atoms with Crippen LogP contribution < -0.4 is 15.5 Å². The Balaban J connectivity index is 1.38. The molecule has 9 heteroatoms. The lowest BCUT2D eigenvalue weighted by Gasteiger charge is -2.31. The predicted octanol–water partition coefficient (Wildman–Crippen LogP) is 2.01. The molecule has 2 aromatic rings. The molecule has 0 saturated carbocycles. The average molecular weight is 444 g/mol. The number of nitrogens with one attached hydrogen (secondary N) is 2. The minimum Gasteiger partial charge on any atom is -0.393 e. The zero-order valence-electron chi connectivity index (χ0n) is 19.0. The lowest BCUT2D eigenvalue weighted by atomic mass is 10.1. The third-order valence-electron chi connectivity index (χ3n) is 6.14. The maximum Gasteiger partial charge on any atom is 0.191 e. The number of aryl methyl sites for hydroxylation is 2. The number of aromatic nitrogens is 3. The summed E-state index contributed by atoms with van der Waals surface area (Å²) in [6.45, 7) is 7.37. The molecule has 3 N–H and O–H groups in total. The van der Waals surface area contributed by atoms with E-state index in [1.807, 2.05) is 28.6 Å². The van der Waals surface area contributed by atoms with Gasteiger partial charge in [-0.3, -0.25) is 0 Å². The SMILES string of the molecule is CCNC(=NCc1ccc(N2CCC(O)CC2)c(F)c1)NC1CCc2nc(CC)nn2C1. The molecule has 1 aromatic heterocycles. The highest BCUT2D eigenvalue weighted by molar-refractivity contribution is 5.80. The quantitative estimate of drug-likeness (QED) is 0.467. The standard InChI is InChI=1S/C23H34FN7O/c1-3-21-28-22-8-6-17(15-31(22)29-21)27-23(25-4-2)26-14-16-5-7-20(19(24)13-16)30-11-9-18(32)10-12-30/h5,7,13,17-18,32H,3-4,6,8-12,14-15H2,1-2H3,(H2,25,26,27). The van der Waals surface area contributed by atoms with E-state index in [-0.39, 0.29) is 18.0 Å². The van der Waals surface area contributed by atoms with Crippen LogP contribution in [0.4, 0.5) is 10.1 Å². The van der Waals surface area contributed by atoms with E-state index in [2.05, 4.69) is 32.6 Å². The summed E-state index contributed by atoms with van der Waals surface area (Å²) in [5, 5.41) is 21.0. The van der Waals surface area contributed by atoms with E-state index in [9.17, 15) is 9.50 Å². The van der Waals surface area contributed by atoms with Gasteiger partial charge in [0.25, 0.3) is 0 Å². The number of guanidine groups is 1. The van der Waals surface area contributed by atoms with Crippen molar-refractivity contribution < 1.29 is 9.50 Å². The zero-order chi connectivity index (χ0) is 22.5. The van der Waals surface area contributed by atoms with Crippen molar-refractivity contribution in [1.82, 2.24) is 25.4 Å². The Labute approximate surface area is 188 Å². The molecule has 0 amide bonds. The maximum absolute atomic E-state index is 14.7. The fourth-order valence-corrected chi connectivity index (χ4v) is 4.32. The third kappa shape index (κ3) is 5.38. The third-order valence-corrected chi connectivity index (χ3v) is 6.14. The number of aliphatic hydroxyl groups is 1.